The Kier molecular flexibility index (Phi) is 31.5. The first-order chi connectivity index (χ1) is 32.6. The molecule has 0 spiro atoms. The summed E-state index contributed by atoms with van der Waals surface area (Å²) in [7, 11) is 0. The molecule has 67 heavy (non-hydrogen) atoms. The minimum absolute atomic E-state index is 0.0904. The van der Waals surface area contributed by atoms with Gasteiger partial charge in [0.2, 0.25) is 0 Å². The van der Waals surface area contributed by atoms with E-state index >= 15 is 0 Å². The molecule has 0 heterocycles. The molecule has 4 bridgehead atoms. The second-order valence-electron chi connectivity index (χ2n) is 22.3. The third kappa shape index (κ3) is 24.8. The maximum absolute atomic E-state index is 13.6. The topological polar surface area (TPSA) is 101 Å². The lowest BCUT2D eigenvalue weighted by Gasteiger charge is -2.66. The summed E-state index contributed by atoms with van der Waals surface area (Å²) < 4.78 is 31.2. The van der Waals surface area contributed by atoms with Crippen molar-refractivity contribution >= 4 is 17.9 Å². The van der Waals surface area contributed by atoms with E-state index in [9.17, 15) is 14.4 Å². The van der Waals surface area contributed by atoms with E-state index in [4.69, 9.17) is 23.7 Å². The van der Waals surface area contributed by atoms with Crippen LogP contribution in [-0.2, 0) is 38.1 Å². The Balaban J connectivity index is 1.58. The summed E-state index contributed by atoms with van der Waals surface area (Å²) >= 11 is 0. The highest BCUT2D eigenvalue weighted by molar-refractivity contribution is 5.70. The van der Waals surface area contributed by atoms with Crippen LogP contribution in [0.15, 0.2) is 0 Å². The molecule has 0 aromatic rings. The lowest BCUT2D eigenvalue weighted by atomic mass is 9.40. The molecule has 4 rings (SSSR count). The Morgan fingerprint density at radius 2 is 0.851 bits per heavy atom. The average Bonchev–Trinajstić information content (AvgIpc) is 3.31. The number of carbonyl (C=O) groups excluding carboxylic acids is 3. The third-order valence-electron chi connectivity index (χ3n) is 15.9. The molecule has 4 aliphatic rings. The lowest BCUT2D eigenvalue weighted by Crippen LogP contribution is -2.61. The number of esters is 3. The van der Waals surface area contributed by atoms with Gasteiger partial charge in [-0.05, 0) is 95.7 Å². The number of carbonyl (C=O) groups is 3. The highest BCUT2D eigenvalue weighted by atomic mass is 16.7. The van der Waals surface area contributed by atoms with Gasteiger partial charge in [0, 0.05) is 48.7 Å². The number of rotatable bonds is 45. The Morgan fingerprint density at radius 1 is 0.448 bits per heavy atom. The summed E-state index contributed by atoms with van der Waals surface area (Å²) in [5, 5.41) is 0. The first-order valence-corrected chi connectivity index (χ1v) is 29.0. The first-order valence-electron chi connectivity index (χ1n) is 29.0. The van der Waals surface area contributed by atoms with Crippen LogP contribution >= 0.6 is 0 Å². The van der Waals surface area contributed by atoms with Crippen molar-refractivity contribution in [2.75, 3.05) is 52.7 Å². The van der Waals surface area contributed by atoms with Crippen LogP contribution in [0.25, 0.3) is 0 Å². The Morgan fingerprint density at radius 3 is 1.28 bits per heavy atom. The normalized spacial score (nSPS) is 22.1. The Bertz CT molecular complexity index is 1260. The molecular weight excluding hydrogens is 839 g/mol. The highest BCUT2D eigenvalue weighted by Crippen LogP contribution is 2.70. The highest BCUT2D eigenvalue weighted by Gasteiger charge is 2.64. The van der Waals surface area contributed by atoms with Gasteiger partial charge in [-0.25, -0.2) is 0 Å². The molecule has 0 N–H and O–H groups in total. The van der Waals surface area contributed by atoms with Gasteiger partial charge in [0.05, 0.1) is 26.2 Å². The molecule has 392 valence electrons. The van der Waals surface area contributed by atoms with Crippen molar-refractivity contribution in [2.24, 2.45) is 28.1 Å². The Hall–Kier alpha value is -1.71. The van der Waals surface area contributed by atoms with Crippen LogP contribution in [0.4, 0.5) is 0 Å². The van der Waals surface area contributed by atoms with Crippen molar-refractivity contribution < 1.29 is 38.1 Å². The van der Waals surface area contributed by atoms with E-state index in [1.54, 1.807) is 0 Å². The van der Waals surface area contributed by atoms with Crippen molar-refractivity contribution in [2.45, 2.75) is 273 Å². The fourth-order valence-corrected chi connectivity index (χ4v) is 12.9. The molecule has 4 saturated carbocycles. The van der Waals surface area contributed by atoms with E-state index in [2.05, 4.69) is 46.4 Å². The summed E-state index contributed by atoms with van der Waals surface area (Å²) in [5.74, 6) is 0.827. The predicted octanol–water partition coefficient (Wildman–Crippen LogP) is 15.3. The minimum atomic E-state index is -0.400. The second kappa shape index (κ2) is 35.4. The van der Waals surface area contributed by atoms with Crippen molar-refractivity contribution in [1.82, 2.24) is 4.90 Å². The molecule has 4 atom stereocenters. The largest absolute Gasteiger partial charge is 0.465 e. The van der Waals surface area contributed by atoms with Crippen LogP contribution in [0, 0.1) is 28.1 Å². The zero-order chi connectivity index (χ0) is 48.5. The molecule has 0 saturated heterocycles. The quantitative estimate of drug-likeness (QED) is 0.0256. The van der Waals surface area contributed by atoms with E-state index in [1.807, 2.05) is 0 Å². The standard InChI is InChI=1S/C58H107NO8/c1-7-13-15-17-19-21-23-28-39-63-55(64-40-29-24-22-20-18-16-14-8-2)37-36-54(62)67-49-58-43-51-41-56(45-58,47-65-52(60)34-27-25-26-33-50(31-9-3)32-10-4)44-57(42-51,46-58)48-66-53(61)35-30-38-59(11-5)12-6/h50-51,55H,7-49H2,1-6H3. The van der Waals surface area contributed by atoms with Gasteiger partial charge in [-0.2, -0.15) is 0 Å². The van der Waals surface area contributed by atoms with E-state index in [1.165, 1.54) is 128 Å². The summed E-state index contributed by atoms with van der Waals surface area (Å²) in [6.45, 7) is 18.7. The van der Waals surface area contributed by atoms with E-state index in [-0.39, 0.29) is 40.6 Å². The smallest absolute Gasteiger partial charge is 0.305 e. The van der Waals surface area contributed by atoms with Crippen LogP contribution in [0.1, 0.15) is 266 Å². The molecule has 4 unspecified atom stereocenters. The maximum Gasteiger partial charge on any atom is 0.305 e. The van der Waals surface area contributed by atoms with Crippen LogP contribution < -0.4 is 0 Å². The number of nitrogens with zero attached hydrogens (tertiary/aromatic N) is 1. The van der Waals surface area contributed by atoms with Gasteiger partial charge in [0.1, 0.15) is 0 Å². The van der Waals surface area contributed by atoms with Crippen molar-refractivity contribution in [3.8, 4) is 0 Å². The molecular formula is C58H107NO8. The van der Waals surface area contributed by atoms with Gasteiger partial charge in [0.25, 0.3) is 0 Å². The van der Waals surface area contributed by atoms with E-state index < -0.39 is 6.29 Å². The predicted molar refractivity (Wildman–Crippen MR) is 275 cm³/mol. The van der Waals surface area contributed by atoms with Crippen molar-refractivity contribution in [3.05, 3.63) is 0 Å². The summed E-state index contributed by atoms with van der Waals surface area (Å²) in [6.07, 6.45) is 37.2. The summed E-state index contributed by atoms with van der Waals surface area (Å²) in [6, 6.07) is 0. The monoisotopic (exact) mass is 946 g/mol. The van der Waals surface area contributed by atoms with Crippen LogP contribution in [0.5, 0.6) is 0 Å². The fourth-order valence-electron chi connectivity index (χ4n) is 12.9. The van der Waals surface area contributed by atoms with Crippen LogP contribution in [0.2, 0.25) is 0 Å². The molecule has 9 heteroatoms. The molecule has 0 aromatic carbocycles. The summed E-state index contributed by atoms with van der Waals surface area (Å²) in [5.41, 5.74) is -0.607. The number of ether oxygens (including phenoxy) is 5. The van der Waals surface area contributed by atoms with Gasteiger partial charge in [0.15, 0.2) is 6.29 Å². The Labute approximate surface area is 412 Å². The van der Waals surface area contributed by atoms with Crippen LogP contribution in [0.3, 0.4) is 0 Å². The average molecular weight is 946 g/mol. The molecule has 9 nitrogen and oxygen atoms in total. The number of hydrogen-bond acceptors (Lipinski definition) is 9. The van der Waals surface area contributed by atoms with Gasteiger partial charge in [-0.15, -0.1) is 0 Å². The summed E-state index contributed by atoms with van der Waals surface area (Å²) in [4.78, 5) is 42.4. The molecule has 0 radical (unpaired) electrons. The molecule has 0 aromatic heterocycles. The molecule has 0 aliphatic heterocycles. The van der Waals surface area contributed by atoms with Crippen molar-refractivity contribution in [3.63, 3.8) is 0 Å². The maximum atomic E-state index is 13.6. The second-order valence-corrected chi connectivity index (χ2v) is 22.3. The number of hydrogen-bond donors (Lipinski definition) is 0. The SMILES string of the molecule is CCCCCCCCCCOC(CCC(=O)OCC12CC3CC(COC(=O)CCCCCC(CCC)CCC)(CC(COC(=O)CCCN(CC)CC)(C3)C1)C2)OCCCCCCCCCC. The van der Waals surface area contributed by atoms with Gasteiger partial charge in [-0.3, -0.25) is 14.4 Å². The number of unbranched alkanes of at least 4 members (excludes halogenated alkanes) is 16. The molecule has 4 fully saturated rings. The molecule has 4 aliphatic carbocycles. The minimum Gasteiger partial charge on any atom is -0.465 e. The van der Waals surface area contributed by atoms with E-state index in [0.717, 1.165) is 96.2 Å². The van der Waals surface area contributed by atoms with Gasteiger partial charge >= 0.3 is 17.9 Å². The zero-order valence-electron chi connectivity index (χ0n) is 44.9. The third-order valence-corrected chi connectivity index (χ3v) is 15.9. The van der Waals surface area contributed by atoms with Crippen molar-refractivity contribution in [1.29, 1.82) is 0 Å². The van der Waals surface area contributed by atoms with Crippen LogP contribution in [-0.4, -0.2) is 81.8 Å². The zero-order valence-corrected chi connectivity index (χ0v) is 44.9. The van der Waals surface area contributed by atoms with Gasteiger partial charge in [-0.1, -0.05) is 176 Å². The first kappa shape index (κ1) is 59.6. The fraction of sp³-hybridized carbons (Fsp3) is 0.948. The van der Waals surface area contributed by atoms with E-state index in [0.29, 0.717) is 58.2 Å². The van der Waals surface area contributed by atoms with Gasteiger partial charge < -0.3 is 28.6 Å². The lowest BCUT2D eigenvalue weighted by molar-refractivity contribution is -0.213. The molecule has 0 amide bonds.